The van der Waals surface area contributed by atoms with E-state index in [1.807, 2.05) is 0 Å². The Labute approximate surface area is 84.7 Å². The van der Waals surface area contributed by atoms with Crippen LogP contribution in [-0.4, -0.2) is 0 Å². The molecule has 0 bridgehead atoms. The summed E-state index contributed by atoms with van der Waals surface area (Å²) in [6.45, 7) is 13.3. The van der Waals surface area contributed by atoms with Crippen LogP contribution in [0.1, 0.15) is 49.0 Å². The fourth-order valence-electron chi connectivity index (χ4n) is 1.10. The summed E-state index contributed by atoms with van der Waals surface area (Å²) in [5, 5.41) is 0. The maximum Gasteiger partial charge on any atom is -0.0260 e. The molecule has 0 spiro atoms. The van der Waals surface area contributed by atoms with E-state index >= 15 is 0 Å². The Bertz CT molecular complexity index is 180. The van der Waals surface area contributed by atoms with Gasteiger partial charge in [-0.25, -0.2) is 0 Å². The van der Waals surface area contributed by atoms with E-state index in [4.69, 9.17) is 0 Å². The van der Waals surface area contributed by atoms with E-state index in [-0.39, 0.29) is 7.43 Å². The first-order valence-corrected chi connectivity index (χ1v) is 4.80. The topological polar surface area (TPSA) is 0 Å². The largest absolute Gasteiger partial charge is 0.0790 e. The van der Waals surface area contributed by atoms with E-state index in [0.29, 0.717) is 11.8 Å². The molecule has 0 N–H and O–H groups in total. The molecule has 0 aliphatic rings. The molecular formula is C13H26. The summed E-state index contributed by atoms with van der Waals surface area (Å²) in [6, 6.07) is 0. The van der Waals surface area contributed by atoms with Gasteiger partial charge in [0.1, 0.15) is 0 Å². The second-order valence-corrected chi connectivity index (χ2v) is 4.20. The summed E-state index contributed by atoms with van der Waals surface area (Å²) in [5.41, 5.74) is 2.85. The van der Waals surface area contributed by atoms with Crippen molar-refractivity contribution in [1.82, 2.24) is 0 Å². The Morgan fingerprint density at radius 3 is 1.77 bits per heavy atom. The molecule has 13 heavy (non-hydrogen) atoms. The van der Waals surface area contributed by atoms with Gasteiger partial charge in [0.2, 0.25) is 0 Å². The summed E-state index contributed by atoms with van der Waals surface area (Å²) in [5.74, 6) is 1.32. The van der Waals surface area contributed by atoms with Crippen LogP contribution in [0.4, 0.5) is 0 Å². The van der Waals surface area contributed by atoms with Crippen LogP contribution in [0.25, 0.3) is 0 Å². The maximum atomic E-state index is 2.30. The second-order valence-electron chi connectivity index (χ2n) is 4.20. The lowest BCUT2D eigenvalue weighted by Crippen LogP contribution is -1.89. The third kappa shape index (κ3) is 7.83. The highest BCUT2D eigenvalue weighted by Crippen LogP contribution is 2.12. The summed E-state index contributed by atoms with van der Waals surface area (Å²) in [7, 11) is 0. The van der Waals surface area contributed by atoms with Gasteiger partial charge < -0.3 is 0 Å². The summed E-state index contributed by atoms with van der Waals surface area (Å²) < 4.78 is 0. The highest BCUT2D eigenvalue weighted by Gasteiger charge is 1.96. The van der Waals surface area contributed by atoms with Crippen molar-refractivity contribution >= 4 is 0 Å². The van der Waals surface area contributed by atoms with Crippen LogP contribution in [-0.2, 0) is 0 Å². The Morgan fingerprint density at radius 2 is 1.46 bits per heavy atom. The molecule has 0 aromatic carbocycles. The first-order valence-electron chi connectivity index (χ1n) is 4.80. The van der Waals surface area contributed by atoms with Gasteiger partial charge in [-0.1, -0.05) is 58.4 Å². The molecule has 0 atom stereocenters. The highest BCUT2D eigenvalue weighted by molar-refractivity contribution is 5.21. The van der Waals surface area contributed by atoms with Gasteiger partial charge >= 0.3 is 0 Å². The van der Waals surface area contributed by atoms with Gasteiger partial charge in [-0.2, -0.15) is 0 Å². The first-order chi connectivity index (χ1) is 5.43. The minimum absolute atomic E-state index is 0. The standard InChI is InChI=1S/C12H22.CH4/c1-9(2)7-11(5)8-12(6)10(3)4;/h7-10H,1-6H3;1H4/b11-7-,12-8-;. The van der Waals surface area contributed by atoms with Crippen molar-refractivity contribution in [3.63, 3.8) is 0 Å². The van der Waals surface area contributed by atoms with E-state index in [9.17, 15) is 0 Å². The van der Waals surface area contributed by atoms with Crippen LogP contribution in [0.3, 0.4) is 0 Å². The Balaban J connectivity index is 0. The van der Waals surface area contributed by atoms with Crippen molar-refractivity contribution in [3.8, 4) is 0 Å². The van der Waals surface area contributed by atoms with Crippen molar-refractivity contribution < 1.29 is 0 Å². The molecule has 0 aromatic rings. The Hall–Kier alpha value is -0.520. The average Bonchev–Trinajstić information content (AvgIpc) is 1.84. The van der Waals surface area contributed by atoms with Crippen LogP contribution in [0, 0.1) is 11.8 Å². The lowest BCUT2D eigenvalue weighted by Gasteiger charge is -2.05. The molecule has 0 aliphatic heterocycles. The molecule has 0 heteroatoms. The Kier molecular flexibility index (Phi) is 7.99. The molecule has 78 valence electrons. The summed E-state index contributed by atoms with van der Waals surface area (Å²) in [6.07, 6.45) is 4.58. The minimum atomic E-state index is 0. The second kappa shape index (κ2) is 6.94. The van der Waals surface area contributed by atoms with Crippen molar-refractivity contribution in [2.24, 2.45) is 11.8 Å². The number of allylic oxidation sites excluding steroid dienone is 4. The van der Waals surface area contributed by atoms with Crippen LogP contribution in [0.2, 0.25) is 0 Å². The van der Waals surface area contributed by atoms with E-state index in [2.05, 4.69) is 53.7 Å². The zero-order valence-electron chi connectivity index (χ0n) is 9.31. The molecule has 0 unspecified atom stereocenters. The predicted octanol–water partition coefficient (Wildman–Crippen LogP) is 4.83. The Morgan fingerprint density at radius 1 is 1.00 bits per heavy atom. The van der Waals surface area contributed by atoms with Gasteiger partial charge in [-0.15, -0.1) is 0 Å². The third-order valence-corrected chi connectivity index (χ3v) is 1.96. The monoisotopic (exact) mass is 182 g/mol. The number of rotatable bonds is 3. The van der Waals surface area contributed by atoms with Gasteiger partial charge in [0.25, 0.3) is 0 Å². The fourth-order valence-corrected chi connectivity index (χ4v) is 1.10. The van der Waals surface area contributed by atoms with Gasteiger partial charge in [0.05, 0.1) is 0 Å². The van der Waals surface area contributed by atoms with Crippen molar-refractivity contribution in [1.29, 1.82) is 0 Å². The first kappa shape index (κ1) is 15.0. The molecule has 0 aliphatic carbocycles. The molecule has 0 saturated heterocycles. The molecule has 0 rings (SSSR count). The maximum absolute atomic E-state index is 2.30. The van der Waals surface area contributed by atoms with Crippen molar-refractivity contribution in [3.05, 3.63) is 23.3 Å². The van der Waals surface area contributed by atoms with Gasteiger partial charge in [0.15, 0.2) is 0 Å². The molecule has 0 fully saturated rings. The fraction of sp³-hybridized carbons (Fsp3) is 0.692. The van der Waals surface area contributed by atoms with Crippen molar-refractivity contribution in [2.75, 3.05) is 0 Å². The number of hydrogen-bond acceptors (Lipinski definition) is 0. The SMILES string of the molecule is C.CC(=C/C(C)C)/C=C(/C)C(C)C. The minimum Gasteiger partial charge on any atom is -0.0790 e. The lowest BCUT2D eigenvalue weighted by atomic mass is 10.0. The third-order valence-electron chi connectivity index (χ3n) is 1.96. The molecular weight excluding hydrogens is 156 g/mol. The average molecular weight is 182 g/mol. The van der Waals surface area contributed by atoms with Gasteiger partial charge in [-0.05, 0) is 25.7 Å². The van der Waals surface area contributed by atoms with E-state index in [0.717, 1.165) is 0 Å². The normalized spacial score (nSPS) is 13.5. The molecule has 0 radical (unpaired) electrons. The summed E-state index contributed by atoms with van der Waals surface area (Å²) in [4.78, 5) is 0. The zero-order chi connectivity index (χ0) is 9.72. The van der Waals surface area contributed by atoms with E-state index in [1.54, 1.807) is 0 Å². The van der Waals surface area contributed by atoms with Crippen molar-refractivity contribution in [2.45, 2.75) is 49.0 Å². The van der Waals surface area contributed by atoms with E-state index in [1.165, 1.54) is 11.1 Å². The molecule has 0 amide bonds. The molecule has 0 aromatic heterocycles. The number of hydrogen-bond donors (Lipinski definition) is 0. The quantitative estimate of drug-likeness (QED) is 0.548. The van der Waals surface area contributed by atoms with Crippen LogP contribution >= 0.6 is 0 Å². The van der Waals surface area contributed by atoms with Crippen LogP contribution in [0.5, 0.6) is 0 Å². The predicted molar refractivity (Wildman–Crippen MR) is 63.9 cm³/mol. The smallest absolute Gasteiger partial charge is 0.0260 e. The van der Waals surface area contributed by atoms with Gasteiger partial charge in [-0.3, -0.25) is 0 Å². The van der Waals surface area contributed by atoms with E-state index < -0.39 is 0 Å². The zero-order valence-corrected chi connectivity index (χ0v) is 9.31. The summed E-state index contributed by atoms with van der Waals surface area (Å²) >= 11 is 0. The highest BCUT2D eigenvalue weighted by atomic mass is 14.0. The molecule has 0 heterocycles. The molecule has 0 nitrogen and oxygen atoms in total. The van der Waals surface area contributed by atoms with Gasteiger partial charge in [0, 0.05) is 0 Å². The lowest BCUT2D eigenvalue weighted by molar-refractivity contribution is 0.766. The van der Waals surface area contributed by atoms with Crippen LogP contribution < -0.4 is 0 Å². The molecule has 0 saturated carbocycles. The van der Waals surface area contributed by atoms with Crippen LogP contribution in [0.15, 0.2) is 23.3 Å².